The van der Waals surface area contributed by atoms with Crippen LogP contribution in [0.25, 0.3) is 0 Å². The molecule has 1 aromatic rings. The summed E-state index contributed by atoms with van der Waals surface area (Å²) in [5.41, 5.74) is 2.94. The summed E-state index contributed by atoms with van der Waals surface area (Å²) < 4.78 is 0. The van der Waals surface area contributed by atoms with Gasteiger partial charge < -0.3 is 15.5 Å². The highest BCUT2D eigenvalue weighted by Crippen LogP contribution is 2.26. The molecule has 24 heavy (non-hydrogen) atoms. The Balaban J connectivity index is 1.96. The van der Waals surface area contributed by atoms with Gasteiger partial charge in [-0.05, 0) is 44.4 Å². The van der Waals surface area contributed by atoms with Crippen LogP contribution in [0, 0.1) is 18.8 Å². The van der Waals surface area contributed by atoms with Crippen LogP contribution in [0.2, 0.25) is 0 Å². The first-order valence-corrected chi connectivity index (χ1v) is 8.86. The second-order valence-electron chi connectivity index (χ2n) is 6.82. The molecule has 1 aromatic carbocycles. The number of rotatable bonds is 5. The maximum Gasteiger partial charge on any atom is 0.227 e. The summed E-state index contributed by atoms with van der Waals surface area (Å²) in [7, 11) is 0. The quantitative estimate of drug-likeness (QED) is 0.870. The summed E-state index contributed by atoms with van der Waals surface area (Å²) in [4.78, 5) is 26.5. The molecule has 0 bridgehead atoms. The Morgan fingerprint density at radius 1 is 1.21 bits per heavy atom. The summed E-state index contributed by atoms with van der Waals surface area (Å²) in [6, 6.07) is 5.99. The van der Waals surface area contributed by atoms with Crippen LogP contribution in [0.5, 0.6) is 0 Å². The number of aryl methyl sites for hydroxylation is 1. The smallest absolute Gasteiger partial charge is 0.227 e. The van der Waals surface area contributed by atoms with Gasteiger partial charge >= 0.3 is 0 Å². The minimum absolute atomic E-state index is 0.0191. The Bertz CT molecular complexity index is 590. The number of nitrogens with zero attached hydrogens (tertiary/aromatic N) is 1. The number of amides is 2. The highest BCUT2D eigenvalue weighted by atomic mass is 16.2. The summed E-state index contributed by atoms with van der Waals surface area (Å²) in [6.45, 7) is 10.1. The molecule has 2 N–H and O–H groups in total. The average molecular weight is 331 g/mol. The zero-order chi connectivity index (χ0) is 17.7. The lowest BCUT2D eigenvalue weighted by atomic mass is 9.95. The summed E-state index contributed by atoms with van der Waals surface area (Å²) in [6.07, 6.45) is 1.46. The standard InChI is InChI=1S/C19H29N3O2/c1-5-20-17-12-14(4)6-7-16(17)21-18(23)15-8-10-22(11-9-15)19(24)13(2)3/h6-7,12-13,15,20H,5,8-11H2,1-4H3,(H,21,23). The molecule has 1 aliphatic rings. The zero-order valence-electron chi connectivity index (χ0n) is 15.2. The fraction of sp³-hybridized carbons (Fsp3) is 0.579. The maximum atomic E-state index is 12.6. The zero-order valence-corrected chi connectivity index (χ0v) is 15.2. The van der Waals surface area contributed by atoms with E-state index in [9.17, 15) is 9.59 Å². The molecule has 5 nitrogen and oxygen atoms in total. The van der Waals surface area contributed by atoms with E-state index in [2.05, 4.69) is 10.6 Å². The fourth-order valence-electron chi connectivity index (χ4n) is 3.07. The number of likely N-dealkylation sites (tertiary alicyclic amines) is 1. The van der Waals surface area contributed by atoms with E-state index in [-0.39, 0.29) is 23.7 Å². The molecule has 0 atom stereocenters. The lowest BCUT2D eigenvalue weighted by Crippen LogP contribution is -2.43. The van der Waals surface area contributed by atoms with Gasteiger partial charge in [-0.2, -0.15) is 0 Å². The summed E-state index contributed by atoms with van der Waals surface area (Å²) in [5, 5.41) is 6.35. The average Bonchev–Trinajstić information content (AvgIpc) is 2.57. The van der Waals surface area contributed by atoms with Gasteiger partial charge in [0, 0.05) is 31.5 Å². The van der Waals surface area contributed by atoms with E-state index in [0.29, 0.717) is 13.1 Å². The van der Waals surface area contributed by atoms with Crippen molar-refractivity contribution in [3.63, 3.8) is 0 Å². The van der Waals surface area contributed by atoms with Gasteiger partial charge in [0.05, 0.1) is 11.4 Å². The lowest BCUT2D eigenvalue weighted by molar-refractivity contribution is -0.137. The molecule has 0 aromatic heterocycles. The Morgan fingerprint density at radius 3 is 2.46 bits per heavy atom. The molecule has 1 saturated heterocycles. The Labute approximate surface area is 144 Å². The molecule has 0 radical (unpaired) electrons. The predicted molar refractivity (Wildman–Crippen MR) is 98.1 cm³/mol. The van der Waals surface area contributed by atoms with E-state index in [0.717, 1.165) is 36.3 Å². The van der Waals surface area contributed by atoms with Crippen LogP contribution in [-0.2, 0) is 9.59 Å². The predicted octanol–water partition coefficient (Wildman–Crippen LogP) is 3.26. The first kappa shape index (κ1) is 18.3. The van der Waals surface area contributed by atoms with Crippen molar-refractivity contribution in [2.24, 2.45) is 11.8 Å². The summed E-state index contributed by atoms with van der Waals surface area (Å²) >= 11 is 0. The molecule has 132 valence electrons. The normalized spacial score (nSPS) is 15.5. The number of hydrogen-bond acceptors (Lipinski definition) is 3. The Kier molecular flexibility index (Phi) is 6.23. The van der Waals surface area contributed by atoms with E-state index in [1.54, 1.807) is 0 Å². The fourth-order valence-corrected chi connectivity index (χ4v) is 3.07. The van der Waals surface area contributed by atoms with Crippen molar-refractivity contribution in [2.75, 3.05) is 30.3 Å². The summed E-state index contributed by atoms with van der Waals surface area (Å²) in [5.74, 6) is 0.221. The molecular formula is C19H29N3O2. The SMILES string of the molecule is CCNc1cc(C)ccc1NC(=O)C1CCN(C(=O)C(C)C)CC1. The van der Waals surface area contributed by atoms with Gasteiger partial charge in [-0.3, -0.25) is 9.59 Å². The second-order valence-corrected chi connectivity index (χ2v) is 6.82. The number of carbonyl (C=O) groups is 2. The van der Waals surface area contributed by atoms with Crippen molar-refractivity contribution in [1.29, 1.82) is 0 Å². The number of hydrogen-bond donors (Lipinski definition) is 2. The van der Waals surface area contributed by atoms with Crippen LogP contribution in [0.15, 0.2) is 18.2 Å². The van der Waals surface area contributed by atoms with Crippen molar-refractivity contribution in [3.05, 3.63) is 23.8 Å². The molecule has 0 saturated carbocycles. The van der Waals surface area contributed by atoms with Gasteiger partial charge in [0.1, 0.15) is 0 Å². The molecule has 1 aliphatic heterocycles. The van der Waals surface area contributed by atoms with Gasteiger partial charge in [-0.1, -0.05) is 19.9 Å². The van der Waals surface area contributed by atoms with Gasteiger partial charge in [0.15, 0.2) is 0 Å². The minimum atomic E-state index is -0.0306. The third-order valence-corrected chi connectivity index (χ3v) is 4.47. The van der Waals surface area contributed by atoms with Crippen LogP contribution in [0.3, 0.4) is 0 Å². The van der Waals surface area contributed by atoms with Crippen LogP contribution in [-0.4, -0.2) is 36.3 Å². The maximum absolute atomic E-state index is 12.6. The van der Waals surface area contributed by atoms with Gasteiger partial charge in [0.2, 0.25) is 11.8 Å². The first-order chi connectivity index (χ1) is 11.4. The topological polar surface area (TPSA) is 61.4 Å². The van der Waals surface area contributed by atoms with Crippen molar-refractivity contribution < 1.29 is 9.59 Å². The first-order valence-electron chi connectivity index (χ1n) is 8.86. The Morgan fingerprint density at radius 2 is 1.88 bits per heavy atom. The lowest BCUT2D eigenvalue weighted by Gasteiger charge is -2.32. The highest BCUT2D eigenvalue weighted by molar-refractivity contribution is 5.96. The molecular weight excluding hydrogens is 302 g/mol. The largest absolute Gasteiger partial charge is 0.384 e. The van der Waals surface area contributed by atoms with E-state index >= 15 is 0 Å². The molecule has 0 unspecified atom stereocenters. The molecule has 0 aliphatic carbocycles. The van der Waals surface area contributed by atoms with E-state index in [1.807, 2.05) is 50.8 Å². The third-order valence-electron chi connectivity index (χ3n) is 4.47. The molecule has 2 amide bonds. The van der Waals surface area contributed by atoms with Crippen molar-refractivity contribution >= 4 is 23.2 Å². The van der Waals surface area contributed by atoms with Crippen molar-refractivity contribution in [3.8, 4) is 0 Å². The third kappa shape index (κ3) is 4.49. The molecule has 0 spiro atoms. The molecule has 1 fully saturated rings. The van der Waals surface area contributed by atoms with Gasteiger partial charge in [-0.15, -0.1) is 0 Å². The van der Waals surface area contributed by atoms with E-state index < -0.39 is 0 Å². The van der Waals surface area contributed by atoms with Crippen LogP contribution >= 0.6 is 0 Å². The number of piperidine rings is 1. The van der Waals surface area contributed by atoms with Gasteiger partial charge in [-0.25, -0.2) is 0 Å². The van der Waals surface area contributed by atoms with E-state index in [1.165, 1.54) is 0 Å². The number of nitrogens with one attached hydrogen (secondary N) is 2. The highest BCUT2D eigenvalue weighted by Gasteiger charge is 2.28. The second kappa shape index (κ2) is 8.18. The Hall–Kier alpha value is -2.04. The minimum Gasteiger partial charge on any atom is -0.384 e. The van der Waals surface area contributed by atoms with Crippen LogP contribution < -0.4 is 10.6 Å². The van der Waals surface area contributed by atoms with Gasteiger partial charge in [0.25, 0.3) is 0 Å². The number of benzene rings is 1. The number of carbonyl (C=O) groups excluding carboxylic acids is 2. The van der Waals surface area contributed by atoms with Crippen LogP contribution in [0.1, 0.15) is 39.2 Å². The van der Waals surface area contributed by atoms with Crippen LogP contribution in [0.4, 0.5) is 11.4 Å². The number of anilines is 2. The molecule has 1 heterocycles. The monoisotopic (exact) mass is 331 g/mol. The molecule has 5 heteroatoms. The van der Waals surface area contributed by atoms with Crippen molar-refractivity contribution in [2.45, 2.75) is 40.5 Å². The van der Waals surface area contributed by atoms with E-state index in [4.69, 9.17) is 0 Å². The van der Waals surface area contributed by atoms with Crippen molar-refractivity contribution in [1.82, 2.24) is 4.90 Å². The molecule has 2 rings (SSSR count).